The lowest BCUT2D eigenvalue weighted by molar-refractivity contribution is 0.777. The molecule has 0 amide bonds. The summed E-state index contributed by atoms with van der Waals surface area (Å²) in [6, 6.07) is 9.73. The summed E-state index contributed by atoms with van der Waals surface area (Å²) >= 11 is 1.51. The van der Waals surface area contributed by atoms with Crippen molar-refractivity contribution in [1.29, 1.82) is 5.26 Å². The molecule has 0 saturated carbocycles. The van der Waals surface area contributed by atoms with E-state index in [1.165, 1.54) is 11.3 Å². The van der Waals surface area contributed by atoms with Crippen molar-refractivity contribution in [3.8, 4) is 27.8 Å². The molecule has 146 valence electrons. The Morgan fingerprint density at radius 2 is 2.10 bits per heavy atom. The minimum Gasteiger partial charge on any atom is -0.325 e. The number of fused-ring (bicyclic) bond motifs is 2. The Balaban J connectivity index is 1.79. The maximum Gasteiger partial charge on any atom is 0.272 e. The van der Waals surface area contributed by atoms with Crippen LogP contribution < -0.4 is 11.3 Å². The van der Waals surface area contributed by atoms with E-state index < -0.39 is 0 Å². The maximum atomic E-state index is 12.2. The molecule has 1 aromatic carbocycles. The van der Waals surface area contributed by atoms with Gasteiger partial charge in [0.15, 0.2) is 0 Å². The number of aryl methyl sites for hydroxylation is 1. The Bertz CT molecular complexity index is 1540. The van der Waals surface area contributed by atoms with Gasteiger partial charge in [-0.1, -0.05) is 6.07 Å². The minimum absolute atomic E-state index is 0.207. The van der Waals surface area contributed by atoms with Gasteiger partial charge in [-0.3, -0.25) is 14.5 Å². The van der Waals surface area contributed by atoms with E-state index >= 15 is 0 Å². The summed E-state index contributed by atoms with van der Waals surface area (Å²) in [7, 11) is 1.85. The van der Waals surface area contributed by atoms with Crippen molar-refractivity contribution in [3.63, 3.8) is 0 Å². The second kappa shape index (κ2) is 6.88. The first kappa shape index (κ1) is 18.2. The Morgan fingerprint density at radius 3 is 2.90 bits per heavy atom. The van der Waals surface area contributed by atoms with Crippen LogP contribution in [0.5, 0.6) is 0 Å². The molecule has 0 bridgehead atoms. The molecule has 8 nitrogen and oxygen atoms in total. The van der Waals surface area contributed by atoms with Crippen LogP contribution in [0.2, 0.25) is 0 Å². The predicted octanol–water partition coefficient (Wildman–Crippen LogP) is 2.93. The highest BCUT2D eigenvalue weighted by Crippen LogP contribution is 2.42. The summed E-state index contributed by atoms with van der Waals surface area (Å²) in [6.45, 7) is 0.207. The van der Waals surface area contributed by atoms with Crippen molar-refractivity contribution in [1.82, 2.24) is 25.0 Å². The van der Waals surface area contributed by atoms with Crippen LogP contribution in [0.25, 0.3) is 42.6 Å². The summed E-state index contributed by atoms with van der Waals surface area (Å²) in [4.78, 5) is 17.2. The molecule has 0 aliphatic carbocycles. The number of thiophene rings is 1. The Hall–Kier alpha value is -3.87. The largest absolute Gasteiger partial charge is 0.325 e. The smallest absolute Gasteiger partial charge is 0.272 e. The van der Waals surface area contributed by atoms with E-state index in [0.717, 1.165) is 31.8 Å². The van der Waals surface area contributed by atoms with Gasteiger partial charge in [-0.05, 0) is 23.8 Å². The number of nitrogens with one attached hydrogen (secondary N) is 1. The van der Waals surface area contributed by atoms with Crippen LogP contribution >= 0.6 is 11.3 Å². The zero-order valence-corrected chi connectivity index (χ0v) is 16.7. The second-order valence-electron chi connectivity index (χ2n) is 6.78. The second-order valence-corrected chi connectivity index (χ2v) is 7.84. The average Bonchev–Trinajstić information content (AvgIpc) is 3.33. The van der Waals surface area contributed by atoms with E-state index in [4.69, 9.17) is 5.73 Å². The molecule has 0 aliphatic heterocycles. The number of nitrogens with two attached hydrogens (primary N) is 1. The van der Waals surface area contributed by atoms with Gasteiger partial charge in [-0.25, -0.2) is 5.10 Å². The van der Waals surface area contributed by atoms with Gasteiger partial charge in [0.05, 0.1) is 38.1 Å². The van der Waals surface area contributed by atoms with Crippen LogP contribution in [0.4, 0.5) is 0 Å². The van der Waals surface area contributed by atoms with Gasteiger partial charge in [0.2, 0.25) is 0 Å². The van der Waals surface area contributed by atoms with Crippen molar-refractivity contribution in [2.75, 3.05) is 0 Å². The lowest BCUT2D eigenvalue weighted by atomic mass is 10.00. The van der Waals surface area contributed by atoms with Gasteiger partial charge in [0.25, 0.3) is 5.56 Å². The van der Waals surface area contributed by atoms with E-state index in [2.05, 4.69) is 26.3 Å². The number of aromatic nitrogens is 5. The van der Waals surface area contributed by atoms with Crippen molar-refractivity contribution >= 4 is 32.2 Å². The summed E-state index contributed by atoms with van der Waals surface area (Å²) in [6.07, 6.45) is 5.22. The summed E-state index contributed by atoms with van der Waals surface area (Å²) < 4.78 is 2.70. The van der Waals surface area contributed by atoms with Crippen LogP contribution in [-0.2, 0) is 13.6 Å². The van der Waals surface area contributed by atoms with Crippen LogP contribution in [-0.4, -0.2) is 25.0 Å². The van der Waals surface area contributed by atoms with Gasteiger partial charge in [-0.2, -0.15) is 15.5 Å². The molecular formula is C21H15N7OS. The number of nitrogens with zero attached hydrogens (tertiary/aromatic N) is 5. The van der Waals surface area contributed by atoms with E-state index in [-0.39, 0.29) is 12.1 Å². The number of benzene rings is 1. The Morgan fingerprint density at radius 1 is 1.23 bits per heavy atom. The molecule has 0 radical (unpaired) electrons. The number of pyridine rings is 1. The first-order chi connectivity index (χ1) is 14.6. The normalized spacial score (nSPS) is 11.2. The first-order valence-corrected chi connectivity index (χ1v) is 9.94. The molecule has 0 aliphatic rings. The topological polar surface area (TPSA) is 126 Å². The van der Waals surface area contributed by atoms with Gasteiger partial charge in [-0.15, -0.1) is 11.3 Å². The van der Waals surface area contributed by atoms with Crippen LogP contribution in [0.1, 0.15) is 11.3 Å². The zero-order valence-electron chi connectivity index (χ0n) is 15.9. The van der Waals surface area contributed by atoms with Crippen LogP contribution in [0, 0.1) is 11.3 Å². The zero-order chi connectivity index (χ0) is 20.8. The van der Waals surface area contributed by atoms with Crippen molar-refractivity contribution in [2.24, 2.45) is 12.8 Å². The fourth-order valence-corrected chi connectivity index (χ4v) is 4.90. The van der Waals surface area contributed by atoms with Crippen LogP contribution in [0.3, 0.4) is 0 Å². The third-order valence-corrected chi connectivity index (χ3v) is 6.28. The number of aromatic amines is 1. The highest BCUT2D eigenvalue weighted by atomic mass is 32.1. The third kappa shape index (κ3) is 2.62. The van der Waals surface area contributed by atoms with Crippen LogP contribution in [0.15, 0.2) is 47.7 Å². The fourth-order valence-electron chi connectivity index (χ4n) is 3.69. The number of H-pyrrole nitrogens is 1. The van der Waals surface area contributed by atoms with Gasteiger partial charge in [0.1, 0.15) is 6.07 Å². The molecular weight excluding hydrogens is 398 g/mol. The molecule has 0 atom stereocenters. The number of hydrogen-bond donors (Lipinski definition) is 2. The molecule has 30 heavy (non-hydrogen) atoms. The highest BCUT2D eigenvalue weighted by molar-refractivity contribution is 7.22. The van der Waals surface area contributed by atoms with Crippen molar-refractivity contribution in [2.45, 2.75) is 6.54 Å². The van der Waals surface area contributed by atoms with E-state index in [0.29, 0.717) is 22.0 Å². The molecule has 0 spiro atoms. The lowest BCUT2D eigenvalue weighted by Crippen LogP contribution is -2.13. The number of rotatable bonds is 3. The molecule has 5 aromatic rings. The molecule has 0 saturated heterocycles. The first-order valence-electron chi connectivity index (χ1n) is 9.13. The minimum atomic E-state index is -0.260. The quantitative estimate of drug-likeness (QED) is 0.468. The van der Waals surface area contributed by atoms with Crippen molar-refractivity contribution in [3.05, 3.63) is 64.5 Å². The molecule has 4 aromatic heterocycles. The monoisotopic (exact) mass is 413 g/mol. The van der Waals surface area contributed by atoms with Gasteiger partial charge >= 0.3 is 0 Å². The maximum absolute atomic E-state index is 12.2. The van der Waals surface area contributed by atoms with E-state index in [1.54, 1.807) is 29.3 Å². The molecule has 4 heterocycles. The van der Waals surface area contributed by atoms with E-state index in [1.807, 2.05) is 25.2 Å². The SMILES string of the molecule is Cn1ncc(-c2ccc3c(=O)[nH]nc(CN)c3c2)c1-c1sc2cnccc2c1C#N. The van der Waals surface area contributed by atoms with Gasteiger partial charge < -0.3 is 5.73 Å². The Kier molecular flexibility index (Phi) is 4.17. The molecule has 0 fully saturated rings. The molecule has 3 N–H and O–H groups in total. The molecule has 9 heteroatoms. The third-order valence-electron chi connectivity index (χ3n) is 5.13. The summed E-state index contributed by atoms with van der Waals surface area (Å²) in [5, 5.41) is 23.0. The molecule has 0 unspecified atom stereocenters. The number of hydrogen-bond acceptors (Lipinski definition) is 7. The standard InChI is InChI=1S/C21H15N7OS/c1-28-19(20-15(7-22)12-4-5-24-10-18(12)30-20)16(9-25-28)11-2-3-13-14(6-11)17(8-23)26-27-21(13)29/h2-6,9-10H,8,23H2,1H3,(H,27,29). The van der Waals surface area contributed by atoms with E-state index in [9.17, 15) is 10.1 Å². The fraction of sp³-hybridized carbons (Fsp3) is 0.0952. The number of nitriles is 1. The molecule has 5 rings (SSSR count). The summed E-state index contributed by atoms with van der Waals surface area (Å²) in [5.41, 5.74) is 9.33. The average molecular weight is 413 g/mol. The predicted molar refractivity (Wildman–Crippen MR) is 116 cm³/mol. The van der Waals surface area contributed by atoms with Gasteiger partial charge in [0, 0.05) is 42.3 Å². The highest BCUT2D eigenvalue weighted by Gasteiger charge is 2.21. The Labute approximate surface area is 174 Å². The van der Waals surface area contributed by atoms with Crippen molar-refractivity contribution < 1.29 is 0 Å². The summed E-state index contributed by atoms with van der Waals surface area (Å²) in [5.74, 6) is 0. The lowest BCUT2D eigenvalue weighted by Gasteiger charge is -2.08.